The monoisotopic (exact) mass is 262 g/mol. The summed E-state index contributed by atoms with van der Waals surface area (Å²) < 4.78 is 7.47. The van der Waals surface area contributed by atoms with Gasteiger partial charge >= 0.3 is 0 Å². The number of halogens is 1. The molecule has 1 aromatic carbocycles. The first-order chi connectivity index (χ1) is 8.22. The van der Waals surface area contributed by atoms with Crippen molar-refractivity contribution in [2.45, 2.75) is 6.92 Å². The molecule has 0 aliphatic heterocycles. The van der Waals surface area contributed by atoms with Gasteiger partial charge in [0.1, 0.15) is 5.75 Å². The first-order valence-corrected chi connectivity index (χ1v) is 5.60. The summed E-state index contributed by atoms with van der Waals surface area (Å²) in [6.07, 6.45) is 1.86. The van der Waals surface area contributed by atoms with E-state index in [0.29, 0.717) is 0 Å². The van der Waals surface area contributed by atoms with E-state index in [1.165, 1.54) is 21.8 Å². The van der Waals surface area contributed by atoms with Crippen LogP contribution >= 0.6 is 12.4 Å². The Morgan fingerprint density at radius 3 is 2.67 bits per heavy atom. The average Bonchev–Trinajstić information content (AvgIpc) is 2.64. The van der Waals surface area contributed by atoms with Gasteiger partial charge in [0.25, 0.3) is 0 Å². The van der Waals surface area contributed by atoms with E-state index in [2.05, 4.69) is 34.8 Å². The van der Waals surface area contributed by atoms with Crippen molar-refractivity contribution in [1.82, 2.24) is 9.55 Å². The Labute approximate surface area is 112 Å². The van der Waals surface area contributed by atoms with Gasteiger partial charge in [-0.05, 0) is 31.2 Å². The lowest BCUT2D eigenvalue weighted by molar-refractivity contribution is 0.415. The van der Waals surface area contributed by atoms with Gasteiger partial charge in [0, 0.05) is 29.5 Å². The molecule has 3 nitrogen and oxygen atoms in total. The van der Waals surface area contributed by atoms with Crippen LogP contribution in [0.4, 0.5) is 0 Å². The zero-order valence-corrected chi connectivity index (χ0v) is 11.4. The smallest absolute Gasteiger partial charge is 0.119 e. The Morgan fingerprint density at radius 1 is 1.17 bits per heavy atom. The summed E-state index contributed by atoms with van der Waals surface area (Å²) in [6.45, 7) is 2.04. The Kier molecular flexibility index (Phi) is 3.18. The molecule has 3 rings (SSSR count). The second kappa shape index (κ2) is 4.50. The second-order valence-electron chi connectivity index (χ2n) is 4.23. The molecule has 0 radical (unpaired) electrons. The van der Waals surface area contributed by atoms with Crippen LogP contribution in [-0.4, -0.2) is 16.7 Å². The summed E-state index contributed by atoms with van der Waals surface area (Å²) in [4.78, 5) is 4.35. The zero-order valence-electron chi connectivity index (χ0n) is 10.6. The van der Waals surface area contributed by atoms with Crippen LogP contribution in [0.5, 0.6) is 5.75 Å². The van der Waals surface area contributed by atoms with Crippen LogP contribution in [0.3, 0.4) is 0 Å². The van der Waals surface area contributed by atoms with Crippen molar-refractivity contribution in [2.75, 3.05) is 7.11 Å². The van der Waals surface area contributed by atoms with Crippen molar-refractivity contribution in [1.29, 1.82) is 0 Å². The van der Waals surface area contributed by atoms with E-state index < -0.39 is 0 Å². The molecule has 4 heteroatoms. The van der Waals surface area contributed by atoms with Gasteiger partial charge in [-0.2, -0.15) is 0 Å². The molecule has 18 heavy (non-hydrogen) atoms. The molecule has 0 fully saturated rings. The van der Waals surface area contributed by atoms with Crippen LogP contribution in [0.15, 0.2) is 30.5 Å². The topological polar surface area (TPSA) is 27.1 Å². The van der Waals surface area contributed by atoms with Crippen molar-refractivity contribution in [3.63, 3.8) is 0 Å². The van der Waals surface area contributed by atoms with E-state index >= 15 is 0 Å². The normalized spacial score (nSPS) is 10.6. The number of pyridine rings is 1. The van der Waals surface area contributed by atoms with Crippen molar-refractivity contribution in [2.24, 2.45) is 7.05 Å². The van der Waals surface area contributed by atoms with Gasteiger partial charge in [-0.1, -0.05) is 0 Å². The first kappa shape index (κ1) is 12.7. The fraction of sp³-hybridized carbons (Fsp3) is 0.214. The van der Waals surface area contributed by atoms with Crippen LogP contribution < -0.4 is 4.74 Å². The molecule has 0 saturated carbocycles. The molecular formula is C14H15ClN2O. The fourth-order valence-electron chi connectivity index (χ4n) is 2.47. The number of aromatic nitrogens is 2. The molecule has 0 atom stereocenters. The SMILES string of the molecule is COc1ccc2c(c1)c1ccnc(C)c1n2C.Cl. The second-order valence-corrected chi connectivity index (χ2v) is 4.23. The van der Waals surface area contributed by atoms with E-state index in [1.807, 2.05) is 19.2 Å². The third kappa shape index (κ3) is 1.63. The van der Waals surface area contributed by atoms with Gasteiger partial charge in [-0.3, -0.25) is 4.98 Å². The maximum atomic E-state index is 5.29. The summed E-state index contributed by atoms with van der Waals surface area (Å²) in [5.74, 6) is 0.888. The van der Waals surface area contributed by atoms with Crippen molar-refractivity contribution < 1.29 is 4.74 Å². The molecule has 2 heterocycles. The highest BCUT2D eigenvalue weighted by atomic mass is 35.5. The van der Waals surface area contributed by atoms with E-state index in [9.17, 15) is 0 Å². The first-order valence-electron chi connectivity index (χ1n) is 5.60. The summed E-state index contributed by atoms with van der Waals surface area (Å²) >= 11 is 0. The number of hydrogen-bond acceptors (Lipinski definition) is 2. The zero-order chi connectivity index (χ0) is 12.0. The van der Waals surface area contributed by atoms with E-state index in [-0.39, 0.29) is 12.4 Å². The minimum atomic E-state index is 0. The Morgan fingerprint density at radius 2 is 1.94 bits per heavy atom. The maximum Gasteiger partial charge on any atom is 0.119 e. The van der Waals surface area contributed by atoms with Crippen molar-refractivity contribution in [3.05, 3.63) is 36.2 Å². The maximum absolute atomic E-state index is 5.29. The molecule has 0 N–H and O–H groups in total. The van der Waals surface area contributed by atoms with Crippen molar-refractivity contribution >= 4 is 34.2 Å². The van der Waals surface area contributed by atoms with Gasteiger partial charge in [0.05, 0.1) is 18.3 Å². The van der Waals surface area contributed by atoms with E-state index in [0.717, 1.165) is 11.4 Å². The molecule has 0 spiro atoms. The number of benzene rings is 1. The summed E-state index contributed by atoms with van der Waals surface area (Å²) in [5, 5.41) is 2.45. The predicted molar refractivity (Wildman–Crippen MR) is 76.8 cm³/mol. The quantitative estimate of drug-likeness (QED) is 0.671. The number of fused-ring (bicyclic) bond motifs is 3. The van der Waals surface area contributed by atoms with Gasteiger partial charge in [-0.25, -0.2) is 0 Å². The predicted octanol–water partition coefficient (Wildman–Crippen LogP) is 3.47. The average molecular weight is 263 g/mol. The lowest BCUT2D eigenvalue weighted by Gasteiger charge is -2.00. The summed E-state index contributed by atoms with van der Waals surface area (Å²) in [6, 6.07) is 8.22. The largest absolute Gasteiger partial charge is 0.497 e. The van der Waals surface area contributed by atoms with Crippen LogP contribution in [0, 0.1) is 6.92 Å². The van der Waals surface area contributed by atoms with Crippen LogP contribution in [0.2, 0.25) is 0 Å². The highest BCUT2D eigenvalue weighted by Crippen LogP contribution is 2.31. The van der Waals surface area contributed by atoms with Gasteiger partial charge in [-0.15, -0.1) is 12.4 Å². The standard InChI is InChI=1S/C14H14N2O.ClH/c1-9-14-11(6-7-15-9)12-8-10(17-3)4-5-13(12)16(14)2;/h4-8H,1-3H3;1H. The van der Waals surface area contributed by atoms with Crippen molar-refractivity contribution in [3.8, 4) is 5.75 Å². The molecule has 0 aliphatic rings. The number of aryl methyl sites for hydroxylation is 2. The molecule has 2 aromatic heterocycles. The molecule has 0 bridgehead atoms. The van der Waals surface area contributed by atoms with Crippen LogP contribution in [0.25, 0.3) is 21.8 Å². The van der Waals surface area contributed by atoms with E-state index in [4.69, 9.17) is 4.74 Å². The van der Waals surface area contributed by atoms with Gasteiger partial charge in [0.2, 0.25) is 0 Å². The molecule has 0 aliphatic carbocycles. The summed E-state index contributed by atoms with van der Waals surface area (Å²) in [7, 11) is 3.77. The highest BCUT2D eigenvalue weighted by Gasteiger charge is 2.10. The molecule has 0 unspecified atom stereocenters. The summed E-state index contributed by atoms with van der Waals surface area (Å²) in [5.41, 5.74) is 3.45. The Bertz CT molecular complexity index is 718. The number of nitrogens with zero attached hydrogens (tertiary/aromatic N) is 2. The lowest BCUT2D eigenvalue weighted by atomic mass is 10.1. The molecule has 94 valence electrons. The van der Waals surface area contributed by atoms with Gasteiger partial charge in [0.15, 0.2) is 0 Å². The fourth-order valence-corrected chi connectivity index (χ4v) is 2.47. The van der Waals surface area contributed by atoms with Crippen LogP contribution in [-0.2, 0) is 7.05 Å². The van der Waals surface area contributed by atoms with Gasteiger partial charge < -0.3 is 9.30 Å². The molecular weight excluding hydrogens is 248 g/mol. The molecule has 0 amide bonds. The third-order valence-corrected chi connectivity index (χ3v) is 3.30. The molecule has 0 saturated heterocycles. The Hall–Kier alpha value is -1.74. The number of rotatable bonds is 1. The number of hydrogen-bond donors (Lipinski definition) is 0. The number of ether oxygens (including phenoxy) is 1. The number of methoxy groups -OCH3 is 1. The minimum absolute atomic E-state index is 0. The lowest BCUT2D eigenvalue weighted by Crippen LogP contribution is -1.90. The third-order valence-electron chi connectivity index (χ3n) is 3.30. The minimum Gasteiger partial charge on any atom is -0.497 e. The molecule has 3 aromatic rings. The van der Waals surface area contributed by atoms with E-state index in [1.54, 1.807) is 7.11 Å². The highest BCUT2D eigenvalue weighted by molar-refractivity contribution is 6.09. The van der Waals surface area contributed by atoms with Crippen LogP contribution in [0.1, 0.15) is 5.69 Å². The Balaban J connectivity index is 0.00000120.